The maximum atomic E-state index is 12.2. The van der Waals surface area contributed by atoms with Crippen LogP contribution in [0.15, 0.2) is 84.9 Å². The maximum absolute atomic E-state index is 12.2. The van der Waals surface area contributed by atoms with Crippen molar-refractivity contribution in [2.24, 2.45) is 0 Å². The maximum Gasteiger partial charge on any atom is 0.326 e. The molecule has 33 heavy (non-hydrogen) atoms. The summed E-state index contributed by atoms with van der Waals surface area (Å²) in [5.74, 6) is -0.572. The minimum absolute atomic E-state index is 0.232. The zero-order chi connectivity index (χ0) is 23.6. The Morgan fingerprint density at radius 3 is 2.30 bits per heavy atom. The molecule has 0 aliphatic rings. The molecule has 0 spiro atoms. The number of hydrogen-bond donors (Lipinski definition) is 3. The van der Waals surface area contributed by atoms with E-state index in [1.54, 1.807) is 36.4 Å². The molecule has 0 aliphatic carbocycles. The number of hydroxylamine groups is 1. The van der Waals surface area contributed by atoms with Gasteiger partial charge in [-0.05, 0) is 48.7 Å². The molecule has 170 valence electrons. The molecule has 0 saturated carbocycles. The van der Waals surface area contributed by atoms with Crippen LogP contribution in [0.3, 0.4) is 0 Å². The van der Waals surface area contributed by atoms with Gasteiger partial charge in [0.25, 0.3) is 5.91 Å². The van der Waals surface area contributed by atoms with Gasteiger partial charge in [0.15, 0.2) is 0 Å². The van der Waals surface area contributed by atoms with E-state index in [1.165, 1.54) is 0 Å². The zero-order valence-electron chi connectivity index (χ0n) is 18.5. The average Bonchev–Trinajstić information content (AvgIpc) is 2.82. The molecule has 1 unspecified atom stereocenters. The molecule has 0 saturated heterocycles. The van der Waals surface area contributed by atoms with E-state index in [4.69, 9.17) is 16.4 Å². The van der Waals surface area contributed by atoms with Gasteiger partial charge in [-0.3, -0.25) is 20.4 Å². The van der Waals surface area contributed by atoms with E-state index in [1.807, 2.05) is 49.4 Å². The van der Waals surface area contributed by atoms with Crippen molar-refractivity contribution in [2.45, 2.75) is 26.4 Å². The molecule has 3 amide bonds. The monoisotopic (exact) mass is 463 g/mol. The summed E-state index contributed by atoms with van der Waals surface area (Å²) in [4.78, 5) is 30.2. The molecule has 0 aliphatic heterocycles. The van der Waals surface area contributed by atoms with Crippen LogP contribution < -0.4 is 16.1 Å². The lowest BCUT2D eigenvalue weighted by atomic mass is 10.1. The van der Waals surface area contributed by atoms with Gasteiger partial charge in [-0.15, -0.1) is 0 Å². The normalized spacial score (nSPS) is 12.0. The van der Waals surface area contributed by atoms with Crippen molar-refractivity contribution in [1.29, 1.82) is 0 Å². The number of hydrogen-bond acceptors (Lipinski definition) is 4. The molecule has 1 atom stereocenters. The molecule has 3 N–H and O–H groups in total. The fraction of sp³-hybridized carbons (Fsp3) is 0.154. The van der Waals surface area contributed by atoms with Crippen LogP contribution in [0.25, 0.3) is 5.70 Å². The van der Waals surface area contributed by atoms with Crippen molar-refractivity contribution in [2.75, 3.05) is 5.32 Å². The smallest absolute Gasteiger partial charge is 0.308 e. The largest absolute Gasteiger partial charge is 0.326 e. The number of carbonyl (C=O) groups is 2. The Balaban J connectivity index is 1.54. The Bertz CT molecular complexity index is 1120. The van der Waals surface area contributed by atoms with Crippen LogP contribution >= 0.6 is 11.6 Å². The summed E-state index contributed by atoms with van der Waals surface area (Å²) >= 11 is 5.99. The molecule has 0 fully saturated rings. The zero-order valence-corrected chi connectivity index (χ0v) is 19.2. The fourth-order valence-electron chi connectivity index (χ4n) is 3.08. The van der Waals surface area contributed by atoms with Crippen molar-refractivity contribution in [3.05, 3.63) is 107 Å². The second kappa shape index (κ2) is 11.9. The summed E-state index contributed by atoms with van der Waals surface area (Å²) in [6.07, 6.45) is 2.70. The average molecular weight is 464 g/mol. The summed E-state index contributed by atoms with van der Waals surface area (Å²) in [5, 5.41) is 5.18. The second-order valence-corrected chi connectivity index (χ2v) is 7.67. The SMILES string of the molecule is CCC=C(NOC(C)c1ccc(NC(=O)NC(=O)c2ccccc2Cl)cc1)c1ccccc1. The van der Waals surface area contributed by atoms with Crippen molar-refractivity contribution < 1.29 is 14.4 Å². The van der Waals surface area contributed by atoms with Gasteiger partial charge < -0.3 is 5.32 Å². The quantitative estimate of drug-likeness (QED) is 0.341. The third-order valence-corrected chi connectivity index (χ3v) is 5.15. The van der Waals surface area contributed by atoms with Gasteiger partial charge in [0.2, 0.25) is 0 Å². The highest BCUT2D eigenvalue weighted by atomic mass is 35.5. The van der Waals surface area contributed by atoms with Gasteiger partial charge in [0.1, 0.15) is 6.10 Å². The molecule has 3 rings (SSSR count). The summed E-state index contributed by atoms with van der Waals surface area (Å²) in [6.45, 7) is 4.00. The number of halogens is 1. The summed E-state index contributed by atoms with van der Waals surface area (Å²) in [5.41, 5.74) is 6.70. The van der Waals surface area contributed by atoms with Crippen molar-refractivity contribution in [3.8, 4) is 0 Å². The van der Waals surface area contributed by atoms with Crippen LogP contribution in [0.1, 0.15) is 47.9 Å². The Labute approximate surface area is 198 Å². The number of rotatable bonds is 8. The summed E-state index contributed by atoms with van der Waals surface area (Å²) in [7, 11) is 0. The molecule has 0 heterocycles. The van der Waals surface area contributed by atoms with E-state index in [9.17, 15) is 9.59 Å². The lowest BCUT2D eigenvalue weighted by Crippen LogP contribution is -2.34. The molecular weight excluding hydrogens is 438 g/mol. The Hall–Kier alpha value is -3.61. The Morgan fingerprint density at radius 2 is 1.64 bits per heavy atom. The highest BCUT2D eigenvalue weighted by molar-refractivity contribution is 6.34. The first-order valence-electron chi connectivity index (χ1n) is 10.6. The summed E-state index contributed by atoms with van der Waals surface area (Å²) in [6, 6.07) is 23.0. The molecular formula is C26H26ClN3O3. The Kier molecular flexibility index (Phi) is 8.63. The topological polar surface area (TPSA) is 79.5 Å². The first-order chi connectivity index (χ1) is 16.0. The van der Waals surface area contributed by atoms with E-state index in [2.05, 4.69) is 29.1 Å². The number of urea groups is 1. The number of imide groups is 1. The molecule has 0 radical (unpaired) electrons. The van der Waals surface area contributed by atoms with Crippen LogP contribution in [0, 0.1) is 0 Å². The van der Waals surface area contributed by atoms with Gasteiger partial charge in [-0.2, -0.15) is 0 Å². The lowest BCUT2D eigenvalue weighted by molar-refractivity contribution is 0.0148. The highest BCUT2D eigenvalue weighted by Crippen LogP contribution is 2.21. The number of benzene rings is 3. The van der Waals surface area contributed by atoms with Crippen LogP contribution in [0.4, 0.5) is 10.5 Å². The van der Waals surface area contributed by atoms with E-state index in [0.29, 0.717) is 5.69 Å². The van der Waals surface area contributed by atoms with Crippen LogP contribution in [0.2, 0.25) is 5.02 Å². The van der Waals surface area contributed by atoms with Crippen LogP contribution in [-0.4, -0.2) is 11.9 Å². The van der Waals surface area contributed by atoms with Gasteiger partial charge in [0.05, 0.1) is 16.3 Å². The van der Waals surface area contributed by atoms with E-state index in [0.717, 1.165) is 23.2 Å². The first kappa shape index (κ1) is 24.0. The highest BCUT2D eigenvalue weighted by Gasteiger charge is 2.14. The number of nitrogens with one attached hydrogen (secondary N) is 3. The van der Waals surface area contributed by atoms with E-state index < -0.39 is 11.9 Å². The van der Waals surface area contributed by atoms with Gasteiger partial charge >= 0.3 is 6.03 Å². The molecule has 0 aromatic heterocycles. The molecule has 3 aromatic carbocycles. The van der Waals surface area contributed by atoms with Crippen LogP contribution in [0.5, 0.6) is 0 Å². The predicted molar refractivity (Wildman–Crippen MR) is 132 cm³/mol. The molecule has 6 nitrogen and oxygen atoms in total. The number of anilines is 1. The minimum Gasteiger partial charge on any atom is -0.308 e. The number of amides is 3. The first-order valence-corrected chi connectivity index (χ1v) is 11.0. The van der Waals surface area contributed by atoms with Crippen molar-refractivity contribution >= 4 is 34.9 Å². The van der Waals surface area contributed by atoms with Gasteiger partial charge in [-0.25, -0.2) is 4.79 Å². The third kappa shape index (κ3) is 6.94. The Morgan fingerprint density at radius 1 is 0.970 bits per heavy atom. The molecule has 0 bridgehead atoms. The minimum atomic E-state index is -0.643. The number of allylic oxidation sites excluding steroid dienone is 1. The van der Waals surface area contributed by atoms with Gasteiger partial charge in [-0.1, -0.05) is 79.2 Å². The number of carbonyl (C=O) groups excluding carboxylic acids is 2. The predicted octanol–water partition coefficient (Wildman–Crippen LogP) is 6.34. The van der Waals surface area contributed by atoms with E-state index >= 15 is 0 Å². The molecule has 7 heteroatoms. The summed E-state index contributed by atoms with van der Waals surface area (Å²) < 4.78 is 0. The van der Waals surface area contributed by atoms with Crippen molar-refractivity contribution in [3.63, 3.8) is 0 Å². The molecule has 3 aromatic rings. The van der Waals surface area contributed by atoms with Crippen LogP contribution in [-0.2, 0) is 4.84 Å². The van der Waals surface area contributed by atoms with Crippen molar-refractivity contribution in [1.82, 2.24) is 10.8 Å². The van der Waals surface area contributed by atoms with Gasteiger partial charge in [0, 0.05) is 5.69 Å². The van der Waals surface area contributed by atoms with E-state index in [-0.39, 0.29) is 16.7 Å². The third-order valence-electron chi connectivity index (χ3n) is 4.82. The fourth-order valence-corrected chi connectivity index (χ4v) is 3.30. The second-order valence-electron chi connectivity index (χ2n) is 7.26. The lowest BCUT2D eigenvalue weighted by Gasteiger charge is -2.17. The standard InChI is InChI=1S/C26H26ClN3O3/c1-3-9-24(20-10-5-4-6-11-20)30-33-18(2)19-14-16-21(17-15-19)28-26(32)29-25(31)22-12-7-8-13-23(22)27/h4-18,30H,3H2,1-2H3,(H2,28,29,31,32).